The van der Waals surface area contributed by atoms with Crippen molar-refractivity contribution in [2.24, 2.45) is 7.05 Å². The van der Waals surface area contributed by atoms with Gasteiger partial charge in [0.25, 0.3) is 11.8 Å². The molecule has 2 heterocycles. The van der Waals surface area contributed by atoms with Gasteiger partial charge in [0.2, 0.25) is 0 Å². The molecule has 0 aliphatic carbocycles. The summed E-state index contributed by atoms with van der Waals surface area (Å²) < 4.78 is 7.17. The van der Waals surface area contributed by atoms with Gasteiger partial charge in [0.05, 0.1) is 0 Å². The van der Waals surface area contributed by atoms with E-state index in [0.29, 0.717) is 11.3 Å². The number of benzene rings is 1. The van der Waals surface area contributed by atoms with Crippen LogP contribution < -0.4 is 5.32 Å². The van der Waals surface area contributed by atoms with Crippen molar-refractivity contribution in [2.75, 3.05) is 11.1 Å². The average Bonchev–Trinajstić information content (AvgIpc) is 3.16. The second kappa shape index (κ2) is 6.88. The van der Waals surface area contributed by atoms with Crippen LogP contribution in [0.3, 0.4) is 0 Å². The highest BCUT2D eigenvalue weighted by Crippen LogP contribution is 2.20. The second-order valence-corrected chi connectivity index (χ2v) is 6.46. The summed E-state index contributed by atoms with van der Waals surface area (Å²) in [5.74, 6) is 0.961. The van der Waals surface area contributed by atoms with E-state index in [1.54, 1.807) is 28.6 Å². The van der Waals surface area contributed by atoms with Crippen molar-refractivity contribution in [1.29, 1.82) is 0 Å². The molecule has 3 rings (SSSR count). The van der Waals surface area contributed by atoms with Gasteiger partial charge in [-0.25, -0.2) is 0 Å². The molecule has 0 atom stereocenters. The summed E-state index contributed by atoms with van der Waals surface area (Å²) in [4.78, 5) is 13.3. The molecule has 1 aromatic carbocycles. The Hall–Kier alpha value is -2.61. The Labute approximate surface area is 143 Å². The number of amides is 1. The minimum atomic E-state index is -0.296. The average molecular weight is 343 g/mol. The molecule has 1 amide bonds. The molecule has 0 radical (unpaired) electrons. The van der Waals surface area contributed by atoms with Gasteiger partial charge in [-0.15, -0.1) is 16.9 Å². The summed E-state index contributed by atoms with van der Waals surface area (Å²) in [6, 6.07) is 9.26. The third kappa shape index (κ3) is 3.48. The maximum absolute atomic E-state index is 12.2. The fraction of sp³-hybridized carbons (Fsp3) is 0.250. The molecule has 8 heteroatoms. The molecule has 0 fully saturated rings. The fourth-order valence-corrected chi connectivity index (χ4v) is 2.74. The summed E-state index contributed by atoms with van der Waals surface area (Å²) in [5, 5.41) is 14.6. The normalized spacial score (nSPS) is 10.8. The third-order valence-electron chi connectivity index (χ3n) is 3.41. The highest BCUT2D eigenvalue weighted by molar-refractivity contribution is 7.99. The quantitative estimate of drug-likeness (QED) is 0.716. The highest BCUT2D eigenvalue weighted by atomic mass is 32.2. The molecule has 0 saturated heterocycles. The van der Waals surface area contributed by atoms with Gasteiger partial charge in [-0.05, 0) is 43.0 Å². The zero-order valence-electron chi connectivity index (χ0n) is 13.6. The molecular weight excluding hydrogens is 326 g/mol. The monoisotopic (exact) mass is 343 g/mol. The van der Waals surface area contributed by atoms with E-state index in [1.807, 2.05) is 32.2 Å². The van der Waals surface area contributed by atoms with Crippen LogP contribution in [-0.4, -0.2) is 31.6 Å². The molecule has 0 spiro atoms. The molecule has 2 aromatic heterocycles. The van der Waals surface area contributed by atoms with Gasteiger partial charge in [-0.1, -0.05) is 12.0 Å². The Morgan fingerprint density at radius 2 is 2.04 bits per heavy atom. The fourth-order valence-electron chi connectivity index (χ4n) is 2.08. The second-order valence-electron chi connectivity index (χ2n) is 5.12. The van der Waals surface area contributed by atoms with E-state index in [2.05, 4.69) is 27.5 Å². The van der Waals surface area contributed by atoms with Crippen molar-refractivity contribution in [1.82, 2.24) is 20.0 Å². The van der Waals surface area contributed by atoms with E-state index >= 15 is 0 Å². The number of nitrogens with one attached hydrogen (secondary N) is 1. The minimum Gasteiger partial charge on any atom is -0.401 e. The van der Waals surface area contributed by atoms with E-state index in [1.165, 1.54) is 0 Å². The largest absolute Gasteiger partial charge is 0.401 e. The highest BCUT2D eigenvalue weighted by Gasteiger charge is 2.15. The molecule has 24 heavy (non-hydrogen) atoms. The first-order valence-corrected chi connectivity index (χ1v) is 8.44. The maximum Gasteiger partial charge on any atom is 0.322 e. The Kier molecular flexibility index (Phi) is 4.66. The Bertz CT molecular complexity index is 834. The van der Waals surface area contributed by atoms with Gasteiger partial charge in [0.1, 0.15) is 5.69 Å². The summed E-state index contributed by atoms with van der Waals surface area (Å²) in [5.41, 5.74) is 2.08. The number of aryl methyl sites for hydroxylation is 2. The van der Waals surface area contributed by atoms with Crippen molar-refractivity contribution in [3.05, 3.63) is 41.6 Å². The van der Waals surface area contributed by atoms with Crippen molar-refractivity contribution in [3.63, 3.8) is 0 Å². The predicted octanol–water partition coefficient (Wildman–Crippen LogP) is 3.14. The van der Waals surface area contributed by atoms with Crippen LogP contribution in [0, 0.1) is 6.92 Å². The molecule has 7 nitrogen and oxygen atoms in total. The first-order valence-electron chi connectivity index (χ1n) is 7.45. The number of hydrogen-bond donors (Lipinski definition) is 1. The molecule has 0 aliphatic heterocycles. The Morgan fingerprint density at radius 1 is 1.29 bits per heavy atom. The van der Waals surface area contributed by atoms with Gasteiger partial charge in [0, 0.05) is 23.2 Å². The third-order valence-corrected chi connectivity index (χ3v) is 4.30. The van der Waals surface area contributed by atoms with E-state index in [4.69, 9.17) is 4.42 Å². The predicted molar refractivity (Wildman–Crippen MR) is 92.0 cm³/mol. The van der Waals surface area contributed by atoms with Crippen LogP contribution in [0.1, 0.15) is 23.0 Å². The number of hydrogen-bond acceptors (Lipinski definition) is 6. The van der Waals surface area contributed by atoms with Crippen LogP contribution in [0.25, 0.3) is 11.6 Å². The number of nitrogens with zero attached hydrogens (tertiary/aromatic N) is 4. The lowest BCUT2D eigenvalue weighted by Gasteiger charge is -2.02. The van der Waals surface area contributed by atoms with E-state index in [9.17, 15) is 4.79 Å². The molecule has 0 aliphatic rings. The van der Waals surface area contributed by atoms with Gasteiger partial charge >= 0.3 is 6.01 Å². The summed E-state index contributed by atoms with van der Waals surface area (Å²) >= 11 is 1.72. The summed E-state index contributed by atoms with van der Waals surface area (Å²) in [6.45, 7) is 4.01. The lowest BCUT2D eigenvalue weighted by atomic mass is 10.2. The van der Waals surface area contributed by atoms with Crippen molar-refractivity contribution < 1.29 is 9.21 Å². The smallest absolute Gasteiger partial charge is 0.322 e. The van der Waals surface area contributed by atoms with Gasteiger partial charge < -0.3 is 4.42 Å². The first kappa shape index (κ1) is 16.3. The maximum atomic E-state index is 12.2. The lowest BCUT2D eigenvalue weighted by molar-refractivity contribution is 0.102. The Balaban J connectivity index is 1.70. The number of carbonyl (C=O) groups is 1. The first-order chi connectivity index (χ1) is 11.6. The van der Waals surface area contributed by atoms with Crippen LogP contribution in [-0.2, 0) is 7.05 Å². The number of thioether (sulfide) groups is 1. The molecule has 0 bridgehead atoms. The number of rotatable bonds is 5. The van der Waals surface area contributed by atoms with Gasteiger partial charge in [0.15, 0.2) is 0 Å². The van der Waals surface area contributed by atoms with E-state index < -0.39 is 0 Å². The SMILES string of the molecule is CCSc1ccc(C(=O)Nc2nnc(-c3cc(C)n(C)n3)o2)cc1. The van der Waals surface area contributed by atoms with Crippen molar-refractivity contribution >= 4 is 23.7 Å². The van der Waals surface area contributed by atoms with Gasteiger partial charge in [-0.2, -0.15) is 5.10 Å². The van der Waals surface area contributed by atoms with Crippen molar-refractivity contribution in [3.8, 4) is 11.6 Å². The molecule has 124 valence electrons. The van der Waals surface area contributed by atoms with Crippen LogP contribution in [0.5, 0.6) is 0 Å². The zero-order chi connectivity index (χ0) is 17.1. The lowest BCUT2D eigenvalue weighted by Crippen LogP contribution is -2.11. The number of anilines is 1. The zero-order valence-corrected chi connectivity index (χ0v) is 14.4. The topological polar surface area (TPSA) is 85.8 Å². The van der Waals surface area contributed by atoms with Crippen molar-refractivity contribution in [2.45, 2.75) is 18.7 Å². The van der Waals surface area contributed by atoms with Crippen LogP contribution in [0.4, 0.5) is 6.01 Å². The Morgan fingerprint density at radius 3 is 2.67 bits per heavy atom. The van der Waals surface area contributed by atoms with Crippen LogP contribution in [0.15, 0.2) is 39.6 Å². The molecular formula is C16H17N5O2S. The minimum absolute atomic E-state index is 0.0466. The van der Waals surface area contributed by atoms with E-state index in [-0.39, 0.29) is 17.8 Å². The molecule has 0 unspecified atom stereocenters. The standard InChI is InChI=1S/C16H17N5O2S/c1-4-24-12-7-5-11(6-8-12)14(22)17-16-19-18-15(23-16)13-9-10(2)21(3)20-13/h5-9H,4H2,1-3H3,(H,17,19,22). The number of carbonyl (C=O) groups excluding carboxylic acids is 1. The summed E-state index contributed by atoms with van der Waals surface area (Å²) in [6.07, 6.45) is 0. The van der Waals surface area contributed by atoms with E-state index in [0.717, 1.165) is 16.3 Å². The van der Waals surface area contributed by atoms with Crippen LogP contribution >= 0.6 is 11.8 Å². The summed E-state index contributed by atoms with van der Waals surface area (Å²) in [7, 11) is 1.83. The van der Waals surface area contributed by atoms with Gasteiger partial charge in [-0.3, -0.25) is 14.8 Å². The molecule has 3 aromatic rings. The number of aromatic nitrogens is 4. The molecule has 1 N–H and O–H groups in total. The molecule has 0 saturated carbocycles. The van der Waals surface area contributed by atoms with Crippen LogP contribution in [0.2, 0.25) is 0 Å².